The van der Waals surface area contributed by atoms with Crippen molar-refractivity contribution in [2.24, 2.45) is 0 Å². The number of benzene rings is 1. The summed E-state index contributed by atoms with van der Waals surface area (Å²) in [4.78, 5) is 10.7. The molecule has 0 heterocycles. The molecule has 2 N–H and O–H groups in total. The minimum atomic E-state index is -0.405. The molecule has 1 aromatic rings. The maximum Gasteiger partial charge on any atom is 0.333 e. The zero-order valence-electron chi connectivity index (χ0n) is 11.4. The van der Waals surface area contributed by atoms with Crippen molar-refractivity contribution in [3.05, 3.63) is 28.3 Å². The Bertz CT molecular complexity index is 410. The molecule has 0 atom stereocenters. The smallest absolute Gasteiger partial charge is 0.333 e. The number of nitro groups is 1. The highest BCUT2D eigenvalue weighted by molar-refractivity contribution is 5.68. The highest BCUT2D eigenvalue weighted by Crippen LogP contribution is 2.34. The molecule has 0 aromatic heterocycles. The van der Waals surface area contributed by atoms with Crippen LogP contribution in [0.5, 0.6) is 5.75 Å². The zero-order chi connectivity index (χ0) is 14.1. The molecule has 6 nitrogen and oxygen atoms in total. The van der Waals surface area contributed by atoms with E-state index in [-0.39, 0.29) is 5.69 Å². The van der Waals surface area contributed by atoms with Crippen molar-refractivity contribution >= 4 is 11.4 Å². The van der Waals surface area contributed by atoms with E-state index in [9.17, 15) is 10.1 Å². The number of para-hydroxylation sites is 1. The summed E-state index contributed by atoms with van der Waals surface area (Å²) >= 11 is 0. The number of nitro benzene ring substituents is 1. The molecule has 0 radical (unpaired) electrons. The molecule has 6 heteroatoms. The van der Waals surface area contributed by atoms with Crippen molar-refractivity contribution in [1.29, 1.82) is 0 Å². The zero-order valence-corrected chi connectivity index (χ0v) is 11.4. The quantitative estimate of drug-likeness (QED) is 0.408. The van der Waals surface area contributed by atoms with Gasteiger partial charge in [0, 0.05) is 6.54 Å². The van der Waals surface area contributed by atoms with E-state index in [0.717, 1.165) is 19.5 Å². The fraction of sp³-hybridized carbons (Fsp3) is 0.538. The van der Waals surface area contributed by atoms with Crippen molar-refractivity contribution < 1.29 is 9.66 Å². The summed E-state index contributed by atoms with van der Waals surface area (Å²) in [5.41, 5.74) is 0.514. The van der Waals surface area contributed by atoms with E-state index >= 15 is 0 Å². The molecule has 0 amide bonds. The van der Waals surface area contributed by atoms with Gasteiger partial charge in [0.15, 0.2) is 5.75 Å². The summed E-state index contributed by atoms with van der Waals surface area (Å²) in [6.45, 7) is 6.76. The van der Waals surface area contributed by atoms with Crippen molar-refractivity contribution in [2.45, 2.75) is 20.3 Å². The molecule has 0 saturated carbocycles. The van der Waals surface area contributed by atoms with Crippen LogP contribution < -0.4 is 15.4 Å². The Kier molecular flexibility index (Phi) is 6.67. The number of anilines is 1. The summed E-state index contributed by atoms with van der Waals surface area (Å²) < 4.78 is 5.29. The van der Waals surface area contributed by atoms with Gasteiger partial charge in [-0.2, -0.15) is 0 Å². The molecular formula is C13H21N3O3. The fourth-order valence-electron chi connectivity index (χ4n) is 1.74. The van der Waals surface area contributed by atoms with E-state index in [2.05, 4.69) is 10.6 Å². The van der Waals surface area contributed by atoms with Crippen molar-refractivity contribution in [3.63, 3.8) is 0 Å². The molecule has 0 aliphatic carbocycles. The van der Waals surface area contributed by atoms with Gasteiger partial charge in [-0.3, -0.25) is 10.1 Å². The van der Waals surface area contributed by atoms with Gasteiger partial charge in [-0.15, -0.1) is 0 Å². The number of nitrogens with zero attached hydrogens (tertiary/aromatic N) is 1. The Morgan fingerprint density at radius 3 is 2.74 bits per heavy atom. The van der Waals surface area contributed by atoms with Crippen LogP contribution in [-0.4, -0.2) is 31.2 Å². The van der Waals surface area contributed by atoms with E-state index in [0.29, 0.717) is 24.6 Å². The van der Waals surface area contributed by atoms with E-state index in [4.69, 9.17) is 4.74 Å². The average Bonchev–Trinajstić information content (AvgIpc) is 2.38. The van der Waals surface area contributed by atoms with Crippen molar-refractivity contribution in [3.8, 4) is 5.75 Å². The Labute approximate surface area is 113 Å². The number of hydrogen-bond donors (Lipinski definition) is 2. The maximum atomic E-state index is 11.1. The third-order valence-electron chi connectivity index (χ3n) is 2.58. The summed E-state index contributed by atoms with van der Waals surface area (Å²) in [6.07, 6.45) is 0.907. The molecule has 0 aliphatic heterocycles. The number of nitrogens with one attached hydrogen (secondary N) is 2. The SMILES string of the molecule is CCNCCCNc1cccc(OCC)c1[N+](=O)[O-]. The number of ether oxygens (including phenoxy) is 1. The van der Waals surface area contributed by atoms with Crippen LogP contribution in [0.4, 0.5) is 11.4 Å². The van der Waals surface area contributed by atoms with Gasteiger partial charge in [0.1, 0.15) is 5.69 Å². The van der Waals surface area contributed by atoms with Crippen molar-refractivity contribution in [2.75, 3.05) is 31.6 Å². The molecule has 0 fully saturated rings. The molecule has 19 heavy (non-hydrogen) atoms. The first-order chi connectivity index (χ1) is 9.20. The molecule has 0 saturated heterocycles. The summed E-state index contributed by atoms with van der Waals surface area (Å²) in [6, 6.07) is 5.07. The molecule has 106 valence electrons. The fourth-order valence-corrected chi connectivity index (χ4v) is 1.74. The molecular weight excluding hydrogens is 246 g/mol. The molecule has 0 aliphatic rings. The van der Waals surface area contributed by atoms with Crippen molar-refractivity contribution in [1.82, 2.24) is 5.32 Å². The topological polar surface area (TPSA) is 76.4 Å². The summed E-state index contributed by atoms with van der Waals surface area (Å²) in [7, 11) is 0. The maximum absolute atomic E-state index is 11.1. The first-order valence-corrected chi connectivity index (χ1v) is 6.55. The van der Waals surface area contributed by atoms with Gasteiger partial charge in [0.25, 0.3) is 0 Å². The lowest BCUT2D eigenvalue weighted by molar-refractivity contribution is -0.384. The van der Waals surface area contributed by atoms with Crippen LogP contribution in [0.15, 0.2) is 18.2 Å². The van der Waals surface area contributed by atoms with Crippen LogP contribution in [0.2, 0.25) is 0 Å². The Morgan fingerprint density at radius 1 is 1.32 bits per heavy atom. The van der Waals surface area contributed by atoms with Crippen LogP contribution in [0.3, 0.4) is 0 Å². The van der Waals surface area contributed by atoms with Gasteiger partial charge >= 0.3 is 5.69 Å². The largest absolute Gasteiger partial charge is 0.487 e. The van der Waals surface area contributed by atoms with Gasteiger partial charge in [0.05, 0.1) is 11.5 Å². The Balaban J connectivity index is 2.70. The molecule has 0 unspecified atom stereocenters. The summed E-state index contributed by atoms with van der Waals surface area (Å²) in [5, 5.41) is 17.4. The van der Waals surface area contributed by atoms with Gasteiger partial charge in [-0.25, -0.2) is 0 Å². The highest BCUT2D eigenvalue weighted by atomic mass is 16.6. The minimum absolute atomic E-state index is 0.00722. The molecule has 1 rings (SSSR count). The van der Waals surface area contributed by atoms with E-state index in [1.165, 1.54) is 0 Å². The van der Waals surface area contributed by atoms with E-state index in [1.54, 1.807) is 25.1 Å². The normalized spacial score (nSPS) is 10.2. The first-order valence-electron chi connectivity index (χ1n) is 6.55. The molecule has 0 bridgehead atoms. The highest BCUT2D eigenvalue weighted by Gasteiger charge is 2.20. The number of rotatable bonds is 9. The predicted octanol–water partition coefficient (Wildman–Crippen LogP) is 2.41. The second-order valence-electron chi connectivity index (χ2n) is 3.98. The lowest BCUT2D eigenvalue weighted by Gasteiger charge is -2.10. The second-order valence-corrected chi connectivity index (χ2v) is 3.98. The van der Waals surface area contributed by atoms with Gasteiger partial charge in [-0.05, 0) is 38.6 Å². The van der Waals surface area contributed by atoms with E-state index in [1.807, 2.05) is 6.92 Å². The third kappa shape index (κ3) is 4.75. The van der Waals surface area contributed by atoms with E-state index < -0.39 is 4.92 Å². The predicted molar refractivity (Wildman–Crippen MR) is 75.9 cm³/mol. The average molecular weight is 267 g/mol. The van der Waals surface area contributed by atoms with Gasteiger partial charge in [0.2, 0.25) is 0 Å². The van der Waals surface area contributed by atoms with Gasteiger partial charge < -0.3 is 15.4 Å². The molecule has 1 aromatic carbocycles. The lowest BCUT2D eigenvalue weighted by Crippen LogP contribution is -2.17. The summed E-state index contributed by atoms with van der Waals surface area (Å²) in [5.74, 6) is 0.309. The lowest BCUT2D eigenvalue weighted by atomic mass is 10.2. The van der Waals surface area contributed by atoms with Gasteiger partial charge in [-0.1, -0.05) is 13.0 Å². The standard InChI is InChI=1S/C13H21N3O3/c1-3-14-9-6-10-15-11-7-5-8-12(19-4-2)13(11)16(17)18/h5,7-8,14-15H,3-4,6,9-10H2,1-2H3. The van der Waals surface area contributed by atoms with Crippen LogP contribution >= 0.6 is 0 Å². The minimum Gasteiger partial charge on any atom is -0.487 e. The van der Waals surface area contributed by atoms with Crippen LogP contribution in [0.1, 0.15) is 20.3 Å². The van der Waals surface area contributed by atoms with Crippen LogP contribution in [0.25, 0.3) is 0 Å². The number of hydrogen-bond acceptors (Lipinski definition) is 5. The van der Waals surface area contributed by atoms with Crippen LogP contribution in [0, 0.1) is 10.1 Å². The Morgan fingerprint density at radius 2 is 2.11 bits per heavy atom. The monoisotopic (exact) mass is 267 g/mol. The van der Waals surface area contributed by atoms with Crippen LogP contribution in [-0.2, 0) is 0 Å². The Hall–Kier alpha value is -1.82. The second kappa shape index (κ2) is 8.31. The third-order valence-corrected chi connectivity index (χ3v) is 2.58. The first kappa shape index (κ1) is 15.2. The molecule has 0 spiro atoms.